The second kappa shape index (κ2) is 5.39. The predicted molar refractivity (Wildman–Crippen MR) is 67.6 cm³/mol. The van der Waals surface area contributed by atoms with Crippen molar-refractivity contribution in [1.82, 2.24) is 9.78 Å². The van der Waals surface area contributed by atoms with Gasteiger partial charge < -0.3 is 9.84 Å². The van der Waals surface area contributed by atoms with E-state index in [1.165, 1.54) is 18.2 Å². The monoisotopic (exact) mass is 277 g/mol. The number of hydrogen-bond acceptors (Lipinski definition) is 5. The molecule has 20 heavy (non-hydrogen) atoms. The number of nitro groups is 1. The third-order valence-corrected chi connectivity index (χ3v) is 2.55. The highest BCUT2D eigenvalue weighted by atomic mass is 16.6. The molecule has 0 saturated heterocycles. The molecule has 8 heteroatoms. The molecule has 0 fully saturated rings. The fourth-order valence-corrected chi connectivity index (χ4v) is 1.67. The molecule has 0 spiro atoms. The Morgan fingerprint density at radius 3 is 2.80 bits per heavy atom. The number of hydrogen-bond donors (Lipinski definition) is 1. The number of carbonyl (C=O) groups is 1. The van der Waals surface area contributed by atoms with Crippen molar-refractivity contribution < 1.29 is 19.6 Å². The summed E-state index contributed by atoms with van der Waals surface area (Å²) in [6, 6.07) is 5.42. The number of ether oxygens (including phenoxy) is 1. The van der Waals surface area contributed by atoms with Gasteiger partial charge in [0.25, 0.3) is 0 Å². The van der Waals surface area contributed by atoms with Gasteiger partial charge in [-0.3, -0.25) is 14.8 Å². The van der Waals surface area contributed by atoms with Gasteiger partial charge >= 0.3 is 11.7 Å². The summed E-state index contributed by atoms with van der Waals surface area (Å²) >= 11 is 0. The number of rotatable bonds is 5. The quantitative estimate of drug-likeness (QED) is 0.657. The summed E-state index contributed by atoms with van der Waals surface area (Å²) in [4.78, 5) is 21.3. The first-order valence-electron chi connectivity index (χ1n) is 5.61. The molecule has 0 aliphatic heterocycles. The summed E-state index contributed by atoms with van der Waals surface area (Å²) in [5, 5.41) is 24.0. The van der Waals surface area contributed by atoms with Crippen molar-refractivity contribution in [3.8, 4) is 5.75 Å². The van der Waals surface area contributed by atoms with Crippen molar-refractivity contribution in [2.24, 2.45) is 7.05 Å². The molecule has 0 unspecified atom stereocenters. The maximum atomic E-state index is 11.1. The largest absolute Gasteiger partial charge is 0.480 e. The third kappa shape index (κ3) is 2.74. The first kappa shape index (κ1) is 13.5. The van der Waals surface area contributed by atoms with Crippen LogP contribution in [0.1, 0.15) is 16.1 Å². The van der Waals surface area contributed by atoms with E-state index in [4.69, 9.17) is 9.84 Å². The van der Waals surface area contributed by atoms with Crippen LogP contribution >= 0.6 is 0 Å². The smallest absolute Gasteiger partial charge is 0.339 e. The minimum Gasteiger partial charge on any atom is -0.480 e. The lowest BCUT2D eigenvalue weighted by Gasteiger charge is -2.08. The van der Waals surface area contributed by atoms with Crippen molar-refractivity contribution >= 4 is 11.7 Å². The zero-order chi connectivity index (χ0) is 14.7. The van der Waals surface area contributed by atoms with Crippen LogP contribution in [-0.2, 0) is 13.7 Å². The van der Waals surface area contributed by atoms with Gasteiger partial charge in [-0.25, -0.2) is 4.79 Å². The fraction of sp³-hybridized carbons (Fsp3) is 0.167. The van der Waals surface area contributed by atoms with E-state index in [2.05, 4.69) is 5.10 Å². The van der Waals surface area contributed by atoms with Crippen LogP contribution in [0.5, 0.6) is 5.75 Å². The van der Waals surface area contributed by atoms with E-state index in [1.807, 2.05) is 0 Å². The molecule has 0 atom stereocenters. The highest BCUT2D eigenvalue weighted by Gasteiger charge is 2.23. The molecule has 8 nitrogen and oxygen atoms in total. The van der Waals surface area contributed by atoms with Crippen molar-refractivity contribution in [1.29, 1.82) is 0 Å². The molecule has 0 aliphatic rings. The van der Waals surface area contributed by atoms with Gasteiger partial charge in [0.05, 0.1) is 10.6 Å². The molecule has 0 bridgehead atoms. The number of nitrogens with zero attached hydrogens (tertiary/aromatic N) is 3. The molecule has 0 saturated carbocycles. The zero-order valence-electron chi connectivity index (χ0n) is 10.5. The van der Waals surface area contributed by atoms with Crippen LogP contribution in [0.2, 0.25) is 0 Å². The summed E-state index contributed by atoms with van der Waals surface area (Å²) in [5.74, 6) is -1.56. The number of carboxylic acid groups (broad SMARTS) is 1. The standard InChI is InChI=1S/C12H11N3O5/c1-14-6-5-8(13-14)7-20-11-9(12(16)17)3-2-4-10(11)15(18)19/h2-6H,7H2,1H3,(H,16,17). The van der Waals surface area contributed by atoms with Gasteiger partial charge in [0.1, 0.15) is 12.2 Å². The Hall–Kier alpha value is -2.90. The van der Waals surface area contributed by atoms with Gasteiger partial charge in [-0.2, -0.15) is 5.10 Å². The number of aromatic carboxylic acids is 1. The minimum absolute atomic E-state index is 0.0496. The van der Waals surface area contributed by atoms with Gasteiger partial charge in [0.2, 0.25) is 5.75 Å². The summed E-state index contributed by atoms with van der Waals surface area (Å²) in [5.41, 5.74) is -0.0991. The van der Waals surface area contributed by atoms with Crippen LogP contribution in [0.15, 0.2) is 30.5 Å². The summed E-state index contributed by atoms with van der Waals surface area (Å²) < 4.78 is 6.84. The Bertz CT molecular complexity index is 633. The maximum Gasteiger partial charge on any atom is 0.339 e. The van der Waals surface area contributed by atoms with Crippen LogP contribution in [0, 0.1) is 10.1 Å². The fourth-order valence-electron chi connectivity index (χ4n) is 1.67. The molecule has 104 valence electrons. The second-order valence-electron chi connectivity index (χ2n) is 3.99. The maximum absolute atomic E-state index is 11.1. The molecule has 1 aromatic heterocycles. The van der Waals surface area contributed by atoms with Crippen LogP contribution in [0.4, 0.5) is 5.69 Å². The van der Waals surface area contributed by atoms with Crippen molar-refractivity contribution in [3.63, 3.8) is 0 Å². The molecule has 0 aliphatic carbocycles. The van der Waals surface area contributed by atoms with Gasteiger partial charge in [0.15, 0.2) is 0 Å². The lowest BCUT2D eigenvalue weighted by atomic mass is 10.1. The molecule has 2 rings (SSSR count). The number of aryl methyl sites for hydroxylation is 1. The number of carboxylic acids is 1. The number of para-hydroxylation sites is 1. The van der Waals surface area contributed by atoms with E-state index in [9.17, 15) is 14.9 Å². The Morgan fingerprint density at radius 1 is 1.50 bits per heavy atom. The Balaban J connectivity index is 2.32. The molecule has 1 aromatic carbocycles. The van der Waals surface area contributed by atoms with Crippen LogP contribution < -0.4 is 4.74 Å². The first-order chi connectivity index (χ1) is 9.49. The second-order valence-corrected chi connectivity index (χ2v) is 3.99. The molecular formula is C12H11N3O5. The number of nitro benzene ring substituents is 1. The van der Waals surface area contributed by atoms with Crippen molar-refractivity contribution in [2.45, 2.75) is 6.61 Å². The van der Waals surface area contributed by atoms with E-state index in [0.717, 1.165) is 0 Å². The number of aromatic nitrogens is 2. The van der Waals surface area contributed by atoms with Crippen molar-refractivity contribution in [2.75, 3.05) is 0 Å². The lowest BCUT2D eigenvalue weighted by molar-refractivity contribution is -0.386. The van der Waals surface area contributed by atoms with Crippen LogP contribution in [0.25, 0.3) is 0 Å². The molecule has 1 N–H and O–H groups in total. The zero-order valence-corrected chi connectivity index (χ0v) is 10.5. The lowest BCUT2D eigenvalue weighted by Crippen LogP contribution is -2.06. The Morgan fingerprint density at radius 2 is 2.25 bits per heavy atom. The Labute approximate surface area is 113 Å². The molecule has 0 radical (unpaired) electrons. The summed E-state index contributed by atoms with van der Waals surface area (Å²) in [6.45, 7) is -0.0496. The van der Waals surface area contributed by atoms with Gasteiger partial charge in [-0.1, -0.05) is 6.07 Å². The minimum atomic E-state index is -1.29. The SMILES string of the molecule is Cn1ccc(COc2c(C(=O)O)cccc2[N+](=O)[O-])n1. The Kier molecular flexibility index (Phi) is 3.65. The van der Waals surface area contributed by atoms with Crippen molar-refractivity contribution in [3.05, 3.63) is 51.8 Å². The van der Waals surface area contributed by atoms with E-state index in [-0.39, 0.29) is 23.6 Å². The first-order valence-corrected chi connectivity index (χ1v) is 5.61. The average Bonchev–Trinajstić information content (AvgIpc) is 2.81. The molecule has 1 heterocycles. The third-order valence-electron chi connectivity index (χ3n) is 2.55. The van der Waals surface area contributed by atoms with Crippen LogP contribution in [0.3, 0.4) is 0 Å². The number of benzene rings is 1. The highest BCUT2D eigenvalue weighted by molar-refractivity contribution is 5.92. The normalized spacial score (nSPS) is 10.2. The van der Waals surface area contributed by atoms with Gasteiger partial charge in [-0.05, 0) is 12.1 Å². The van der Waals surface area contributed by atoms with Gasteiger partial charge in [-0.15, -0.1) is 0 Å². The highest BCUT2D eigenvalue weighted by Crippen LogP contribution is 2.31. The van der Waals surface area contributed by atoms with E-state index in [0.29, 0.717) is 5.69 Å². The van der Waals surface area contributed by atoms with Gasteiger partial charge in [0, 0.05) is 19.3 Å². The molecular weight excluding hydrogens is 266 g/mol. The summed E-state index contributed by atoms with van der Waals surface area (Å²) in [7, 11) is 1.72. The topological polar surface area (TPSA) is 107 Å². The van der Waals surface area contributed by atoms with E-state index >= 15 is 0 Å². The van der Waals surface area contributed by atoms with Crippen LogP contribution in [-0.4, -0.2) is 25.8 Å². The molecule has 2 aromatic rings. The summed E-state index contributed by atoms with van der Waals surface area (Å²) in [6.07, 6.45) is 1.69. The average molecular weight is 277 g/mol. The molecule has 0 amide bonds. The predicted octanol–water partition coefficient (Wildman–Crippen LogP) is 1.61. The van der Waals surface area contributed by atoms with E-state index in [1.54, 1.807) is 24.0 Å². The van der Waals surface area contributed by atoms with E-state index < -0.39 is 10.9 Å².